The summed E-state index contributed by atoms with van der Waals surface area (Å²) in [6, 6.07) is 0. The van der Waals surface area contributed by atoms with Crippen molar-refractivity contribution in [1.82, 2.24) is 0 Å². The molecule has 0 radical (unpaired) electrons. The number of nitroso groups, excluding NO2 is 1. The fourth-order valence-corrected chi connectivity index (χ4v) is 0.0912. The van der Waals surface area contributed by atoms with Gasteiger partial charge in [-0.1, -0.05) is 0 Å². The van der Waals surface area contributed by atoms with Gasteiger partial charge in [0, 0.05) is 0 Å². The topological polar surface area (TPSA) is 91.2 Å². The van der Waals surface area contributed by atoms with Gasteiger partial charge in [-0.15, -0.1) is 10.0 Å². The summed E-state index contributed by atoms with van der Waals surface area (Å²) in [5.41, 5.74) is 0. The first-order valence-electron chi connectivity index (χ1n) is 1.43. The summed E-state index contributed by atoms with van der Waals surface area (Å²) in [5.74, 6) is -1.000. The first-order chi connectivity index (χ1) is 3.85. The first kappa shape index (κ1) is 17.9. The monoisotopic (exact) mass is 194 g/mol. The second-order valence-electron chi connectivity index (χ2n) is 0.672. The molecule has 0 saturated carbocycles. The Morgan fingerprint density at radius 2 is 2.00 bits per heavy atom. The van der Waals surface area contributed by atoms with Crippen LogP contribution in [0.5, 0.6) is 0 Å². The van der Waals surface area contributed by atoms with Gasteiger partial charge in [0.15, 0.2) is 0 Å². The summed E-state index contributed by atoms with van der Waals surface area (Å²) in [6.45, 7) is 0. The molecular weight excluding hydrogens is 194 g/mol. The van der Waals surface area contributed by atoms with Gasteiger partial charge in [0.25, 0.3) is 0 Å². The van der Waals surface area contributed by atoms with E-state index in [1.54, 1.807) is 0 Å². The minimum Gasteiger partial charge on any atom is -0.665 e. The Bertz CT molecular complexity index is 126. The largest absolute Gasteiger partial charge is 1.00 e. The third-order valence-electron chi connectivity index (χ3n) is 0.298. The van der Waals surface area contributed by atoms with Gasteiger partial charge >= 0.3 is 103 Å². The van der Waals surface area contributed by atoms with E-state index in [0.29, 0.717) is 0 Å². The van der Waals surface area contributed by atoms with Gasteiger partial charge in [-0.05, 0) is 0 Å². The maximum absolute atomic E-state index is 9.35. The quantitative estimate of drug-likeness (QED) is 0.0830. The summed E-state index contributed by atoms with van der Waals surface area (Å²) in [4.78, 5) is 21.4. The zero-order valence-electron chi connectivity index (χ0n) is 5.53. The fourth-order valence-electron chi connectivity index (χ4n) is 0.0912. The van der Waals surface area contributed by atoms with Crippen LogP contribution < -0.4 is 108 Å². The molecule has 0 amide bonds. The molecule has 0 aliphatic heterocycles. The second-order valence-corrected chi connectivity index (χ2v) is 0.672. The molecule has 10 heavy (non-hydrogen) atoms. The van der Waals surface area contributed by atoms with Crippen molar-refractivity contribution in [2.45, 2.75) is 0 Å². The van der Waals surface area contributed by atoms with Crippen LogP contribution in [0.2, 0.25) is 0 Å². The van der Waals surface area contributed by atoms with Crippen molar-refractivity contribution < 1.29 is 118 Å². The van der Waals surface area contributed by atoms with Gasteiger partial charge in [0.2, 0.25) is 0 Å². The Morgan fingerprint density at radius 1 is 1.50 bits per heavy atom. The normalized spacial score (nSPS) is 8.30. The maximum atomic E-state index is 9.35. The van der Waals surface area contributed by atoms with E-state index < -0.39 is 5.90 Å². The molecule has 6 nitrogen and oxygen atoms in total. The maximum Gasteiger partial charge on any atom is 1.00 e. The van der Waals surface area contributed by atoms with E-state index >= 15 is 0 Å². The van der Waals surface area contributed by atoms with E-state index in [1.165, 1.54) is 0 Å². The number of hydrogen-bond acceptors (Lipinski definition) is 5. The molecular formula is C2K2N2O4. The van der Waals surface area contributed by atoms with Crippen molar-refractivity contribution >= 4 is 12.2 Å². The molecule has 0 aliphatic rings. The van der Waals surface area contributed by atoms with Crippen molar-refractivity contribution in [1.29, 1.82) is 0 Å². The van der Waals surface area contributed by atoms with Crippen LogP contribution >= 0.6 is 0 Å². The number of nitrogens with zero attached hydrogens (tertiary/aromatic N) is 2. The van der Waals surface area contributed by atoms with Crippen LogP contribution in [-0.2, 0) is 9.68 Å². The Kier molecular flexibility index (Phi) is 24.3. The van der Waals surface area contributed by atoms with Crippen LogP contribution in [-0.4, -0.2) is 12.2 Å². The summed E-state index contributed by atoms with van der Waals surface area (Å²) < 4.78 is 0. The SMILES string of the molecule is O=[C-]/C(=N\N=O)O[O-].[K+].[K+]. The second kappa shape index (κ2) is 13.6. The molecule has 0 fully saturated rings. The smallest absolute Gasteiger partial charge is 0.665 e. The van der Waals surface area contributed by atoms with Crippen LogP contribution in [0.1, 0.15) is 0 Å². The Hall–Kier alpha value is 1.97. The Morgan fingerprint density at radius 3 is 2.10 bits per heavy atom. The Labute approximate surface area is 142 Å². The minimum absolute atomic E-state index is 0. The summed E-state index contributed by atoms with van der Waals surface area (Å²) in [6.07, 6.45) is 0.924. The molecule has 0 aromatic carbocycles. The molecule has 0 bridgehead atoms. The van der Waals surface area contributed by atoms with E-state index in [2.05, 4.69) is 9.99 Å². The van der Waals surface area contributed by atoms with E-state index in [4.69, 9.17) is 10.2 Å². The predicted octanol–water partition coefficient (Wildman–Crippen LogP) is -7.52. The van der Waals surface area contributed by atoms with Gasteiger partial charge in [-0.3, -0.25) is 0 Å². The number of carbonyl (C=O) groups excluding carboxylic acids is 1. The molecule has 0 aliphatic carbocycles. The third-order valence-corrected chi connectivity index (χ3v) is 0.298. The molecule has 0 unspecified atom stereocenters. The number of rotatable bonds is 2. The van der Waals surface area contributed by atoms with E-state index in [0.717, 1.165) is 6.29 Å². The molecule has 0 rings (SSSR count). The van der Waals surface area contributed by atoms with Crippen LogP contribution in [0.25, 0.3) is 0 Å². The molecule has 0 heterocycles. The average Bonchev–Trinajstić information content (AvgIpc) is 1.83. The van der Waals surface area contributed by atoms with E-state index in [-0.39, 0.29) is 103 Å². The van der Waals surface area contributed by atoms with Gasteiger partial charge in [0.1, 0.15) is 0 Å². The number of hydrogen-bond donors (Lipinski definition) is 0. The molecule has 0 atom stereocenters. The average molecular weight is 194 g/mol. The standard InChI is InChI=1S/C2HN2O4.2K/c5-1-2(8-7)3-4-6;;/h7H;;/q-1;2*+1/p-1/b3-2+;;. The summed E-state index contributed by atoms with van der Waals surface area (Å²) in [7, 11) is 0. The molecule has 0 aromatic heterocycles. The molecule has 0 aromatic rings. The van der Waals surface area contributed by atoms with E-state index in [9.17, 15) is 4.79 Å². The van der Waals surface area contributed by atoms with Crippen LogP contribution in [0.3, 0.4) is 0 Å². The van der Waals surface area contributed by atoms with Crippen molar-refractivity contribution in [3.8, 4) is 0 Å². The van der Waals surface area contributed by atoms with Gasteiger partial charge < -0.3 is 14.9 Å². The van der Waals surface area contributed by atoms with Crippen LogP contribution in [0, 0.1) is 4.91 Å². The third kappa shape index (κ3) is 9.97. The van der Waals surface area contributed by atoms with Crippen LogP contribution in [0.4, 0.5) is 0 Å². The minimum atomic E-state index is -1.000. The molecule has 44 valence electrons. The molecule has 8 heteroatoms. The zero-order chi connectivity index (χ0) is 6.41. The molecule has 0 N–H and O–H groups in total. The van der Waals surface area contributed by atoms with Gasteiger partial charge in [0.05, 0.1) is 11.2 Å². The Balaban J connectivity index is -0.000000245. The van der Waals surface area contributed by atoms with Crippen molar-refractivity contribution in [3.05, 3.63) is 4.91 Å². The first-order valence-corrected chi connectivity index (χ1v) is 1.43. The van der Waals surface area contributed by atoms with Crippen molar-refractivity contribution in [2.75, 3.05) is 0 Å². The predicted molar refractivity (Wildman–Crippen MR) is 20.0 cm³/mol. The zero-order valence-corrected chi connectivity index (χ0v) is 11.8. The summed E-state index contributed by atoms with van der Waals surface area (Å²) >= 11 is 0. The van der Waals surface area contributed by atoms with Crippen molar-refractivity contribution in [3.63, 3.8) is 0 Å². The van der Waals surface area contributed by atoms with Gasteiger partial charge in [-0.25, -0.2) is 0 Å². The molecule has 0 spiro atoms. The van der Waals surface area contributed by atoms with Crippen LogP contribution in [0.15, 0.2) is 10.4 Å². The van der Waals surface area contributed by atoms with Gasteiger partial charge in [-0.2, -0.15) is 6.29 Å². The fraction of sp³-hybridized carbons (Fsp3) is 0. The van der Waals surface area contributed by atoms with Crippen molar-refractivity contribution in [2.24, 2.45) is 10.4 Å². The molecule has 0 saturated heterocycles. The van der Waals surface area contributed by atoms with E-state index in [1.807, 2.05) is 5.29 Å². The summed E-state index contributed by atoms with van der Waals surface area (Å²) in [5, 5.41) is 13.4.